The van der Waals surface area contributed by atoms with E-state index in [0.29, 0.717) is 68.5 Å². The van der Waals surface area contributed by atoms with E-state index in [1.807, 2.05) is 0 Å². The molecule has 8 aliphatic rings. The first-order valence-electron chi connectivity index (χ1n) is 48.0. The second-order valence-corrected chi connectivity index (χ2v) is 40.4. The molecule has 38 nitrogen and oxygen atoms in total. The van der Waals surface area contributed by atoms with E-state index in [-0.39, 0.29) is 94.1 Å². The zero-order chi connectivity index (χ0) is 108. The number of fused-ring (bicyclic) bond motifs is 3. The number of carbonyl (C=O) groups excluding carboxylic acids is 12. The number of phenols is 4. The van der Waals surface area contributed by atoms with Crippen molar-refractivity contribution in [3.05, 3.63) is 259 Å². The molecule has 146 heavy (non-hydrogen) atoms. The van der Waals surface area contributed by atoms with Gasteiger partial charge in [0, 0.05) is 52.0 Å². The summed E-state index contributed by atoms with van der Waals surface area (Å²) >= 11 is 0. The molecule has 4 aliphatic carbocycles. The number of hydrogen-bond acceptors (Lipinski definition) is 31. The normalized spacial score (nSPS) is 31.5. The molecule has 4 saturated heterocycles. The highest BCUT2D eigenvalue weighted by atomic mass is 16.6. The summed E-state index contributed by atoms with van der Waals surface area (Å²) in [6.07, 6.45) is -1.92. The number of carbonyl (C=O) groups is 12. The molecule has 7 amide bonds. The molecule has 22 N–H and O–H groups in total. The van der Waals surface area contributed by atoms with Crippen LogP contribution in [0.1, 0.15) is 223 Å². The molecule has 1 spiro atoms. The lowest BCUT2D eigenvalue weighted by Gasteiger charge is -2.46. The molecule has 16 rings (SSSR count). The molecular weight excluding hydrogens is 1890 g/mol. The Kier molecular flexibility index (Phi) is 30.4. The largest absolute Gasteiger partial charge is 0.507 e. The highest BCUT2D eigenvalue weighted by molar-refractivity contribution is 5.99. The molecule has 0 radical (unpaired) electrons. The molecule has 4 saturated carbocycles. The van der Waals surface area contributed by atoms with Gasteiger partial charge in [-0.05, 0) is 228 Å². The fourth-order valence-electron chi connectivity index (χ4n) is 24.0. The van der Waals surface area contributed by atoms with Gasteiger partial charge in [0.2, 0.25) is 0 Å². The molecule has 22 atom stereocenters. The van der Waals surface area contributed by atoms with Crippen LogP contribution in [0.15, 0.2) is 170 Å². The molecule has 8 aromatic rings. The Morgan fingerprint density at radius 2 is 0.637 bits per heavy atom. The van der Waals surface area contributed by atoms with E-state index in [1.165, 1.54) is 86.6 Å². The van der Waals surface area contributed by atoms with Crippen molar-refractivity contribution in [3.8, 4) is 23.0 Å². The molecule has 0 unspecified atom stereocenters. The van der Waals surface area contributed by atoms with Crippen LogP contribution in [-0.2, 0) is 49.4 Å². The zero-order valence-corrected chi connectivity index (χ0v) is 83.8. The van der Waals surface area contributed by atoms with Gasteiger partial charge >= 0.3 is 48.1 Å². The number of urea groups is 3. The summed E-state index contributed by atoms with van der Waals surface area (Å²) < 4.78 is 27.3. The first kappa shape index (κ1) is 109. The second kappa shape index (κ2) is 40.5. The van der Waals surface area contributed by atoms with Crippen LogP contribution in [0.3, 0.4) is 0 Å². The average molecular weight is 2020 g/mol. The van der Waals surface area contributed by atoms with Crippen LogP contribution in [0.5, 0.6) is 23.0 Å². The van der Waals surface area contributed by atoms with Crippen molar-refractivity contribution in [1.82, 2.24) is 37.2 Å². The number of ketones is 4. The Hall–Kier alpha value is -13.8. The van der Waals surface area contributed by atoms with Crippen LogP contribution in [0.25, 0.3) is 0 Å². The minimum Gasteiger partial charge on any atom is -0.507 e. The number of aliphatic hydroxyl groups excluding tert-OH is 1. The van der Waals surface area contributed by atoms with Gasteiger partial charge in [0.25, 0.3) is 0 Å². The number of alkyl carbamates (subject to hydrolysis) is 1. The summed E-state index contributed by atoms with van der Waals surface area (Å²) in [5, 5.41) is 167. The number of ether oxygens (including phenoxy) is 5. The minimum atomic E-state index is -2.19. The number of aryl methyl sites for hydroxylation is 4. The summed E-state index contributed by atoms with van der Waals surface area (Å²) in [7, 11) is 0. The van der Waals surface area contributed by atoms with Crippen LogP contribution >= 0.6 is 0 Å². The summed E-state index contributed by atoms with van der Waals surface area (Å²) in [5.74, 6) is -8.58. The van der Waals surface area contributed by atoms with E-state index in [0.717, 1.165) is 11.1 Å². The third-order valence-corrected chi connectivity index (χ3v) is 32.4. The number of aromatic hydroxyl groups is 4. The smallest absolute Gasteiger partial charge is 0.408 e. The van der Waals surface area contributed by atoms with Crippen LogP contribution in [-0.4, -0.2) is 267 Å². The number of esters is 4. The lowest BCUT2D eigenvalue weighted by atomic mass is 9.73. The Morgan fingerprint density at radius 3 is 0.904 bits per heavy atom. The average Bonchev–Trinajstić information content (AvgIpc) is 1.52. The predicted molar refractivity (Wildman–Crippen MR) is 526 cm³/mol. The first-order chi connectivity index (χ1) is 68.3. The predicted octanol–water partition coefficient (Wildman–Crippen LogP) is 7.31. The molecule has 38 heteroatoms. The summed E-state index contributed by atoms with van der Waals surface area (Å²) in [6, 6.07) is 40.7. The fourth-order valence-corrected chi connectivity index (χ4v) is 24.0. The third kappa shape index (κ3) is 18.3. The van der Waals surface area contributed by atoms with Gasteiger partial charge < -0.3 is 133 Å². The zero-order valence-electron chi connectivity index (χ0n) is 83.8. The Balaban J connectivity index is 0.000000163. The van der Waals surface area contributed by atoms with E-state index in [1.54, 1.807) is 194 Å². The Labute approximate surface area is 842 Å². The van der Waals surface area contributed by atoms with Crippen LogP contribution in [0.4, 0.5) is 19.2 Å². The summed E-state index contributed by atoms with van der Waals surface area (Å²) in [5.41, 5.74) is -9.23. The maximum Gasteiger partial charge on any atom is 0.408 e. The van der Waals surface area contributed by atoms with Gasteiger partial charge in [-0.3, -0.25) is 19.2 Å². The van der Waals surface area contributed by atoms with Crippen molar-refractivity contribution in [1.29, 1.82) is 0 Å². The third-order valence-electron chi connectivity index (χ3n) is 32.4. The number of phenolic OH excluding ortho intramolecular Hbond substituents is 4. The quantitative estimate of drug-likeness (QED) is 0.0136. The molecule has 4 aliphatic heterocycles. The number of hydrogen-bond donors (Lipinski definition) is 21. The van der Waals surface area contributed by atoms with E-state index in [4.69, 9.17) is 29.4 Å². The van der Waals surface area contributed by atoms with Gasteiger partial charge in [-0.1, -0.05) is 135 Å². The molecule has 4 heterocycles. The monoisotopic (exact) mass is 2020 g/mol. The lowest BCUT2D eigenvalue weighted by Crippen LogP contribution is -2.72. The number of amides is 7. The lowest BCUT2D eigenvalue weighted by molar-refractivity contribution is -0.194. The van der Waals surface area contributed by atoms with Crippen LogP contribution in [0, 0.1) is 51.4 Å². The van der Waals surface area contributed by atoms with Crippen molar-refractivity contribution in [2.45, 2.75) is 253 Å². The number of rotatable bonds is 27. The van der Waals surface area contributed by atoms with Gasteiger partial charge in [-0.15, -0.1) is 0 Å². The van der Waals surface area contributed by atoms with Gasteiger partial charge in [0.1, 0.15) is 134 Å². The minimum absolute atomic E-state index is 0.0266. The topological polar surface area (TPSA) is 624 Å². The van der Waals surface area contributed by atoms with E-state index >= 15 is 0 Å². The molecule has 0 aromatic heterocycles. The van der Waals surface area contributed by atoms with Crippen molar-refractivity contribution < 1.29 is 148 Å². The number of aliphatic hydroxyl groups is 9. The van der Waals surface area contributed by atoms with Crippen molar-refractivity contribution in [3.63, 3.8) is 0 Å². The second-order valence-electron chi connectivity index (χ2n) is 40.4. The van der Waals surface area contributed by atoms with Crippen molar-refractivity contribution in [2.75, 3.05) is 26.4 Å². The van der Waals surface area contributed by atoms with Gasteiger partial charge in [0.05, 0.1) is 35.3 Å². The number of benzene rings is 8. The molecule has 8 aromatic carbocycles. The fraction of sp³-hybridized carbons (Fsp3) is 0.444. The Bertz CT molecular complexity index is 6140. The maximum absolute atomic E-state index is 13.0. The molecule has 780 valence electrons. The van der Waals surface area contributed by atoms with Crippen LogP contribution in [0.2, 0.25) is 0 Å². The van der Waals surface area contributed by atoms with Gasteiger partial charge in [-0.2, -0.15) is 0 Å². The van der Waals surface area contributed by atoms with Gasteiger partial charge in [0.15, 0.2) is 23.1 Å². The highest BCUT2D eigenvalue weighted by Crippen LogP contribution is 2.60. The van der Waals surface area contributed by atoms with Gasteiger partial charge in [-0.25, -0.2) is 38.4 Å². The highest BCUT2D eigenvalue weighted by Gasteiger charge is 2.82. The first-order valence-corrected chi connectivity index (χ1v) is 48.0. The summed E-state index contributed by atoms with van der Waals surface area (Å²) in [6.45, 7) is 21.8. The number of cyclic esters (lactones) is 1. The maximum atomic E-state index is 13.0. The van der Waals surface area contributed by atoms with E-state index in [9.17, 15) is 124 Å². The van der Waals surface area contributed by atoms with E-state index in [2.05, 4.69) is 37.2 Å². The number of nitrogens with one attached hydrogen (secondary N) is 7. The summed E-state index contributed by atoms with van der Waals surface area (Å²) in [4.78, 5) is 149. The standard InChI is InChI=1S/2C27H32N2O8.2C27H32N2O7/c1-14-7-5-10-20(31)21(14)23(32)36-13-26(35)19(12-17-8-6-9-18(11-17)15(2)30)22(28)27(25(26,4)34)16(3)37-24(33)29-27;1-14-7-5-10-20(32)21(14)23(33)37-13-26(36)19(12-17-8-6-9-18(11-17)15(2)30)22-27(16(3)31,25(26,4)35)29-24(34)28-22;2*1-5-26-22(28-24(33)29-26)19(13-17-9-7-10-18(12-17)16(3)30)27(35,25(26,4)34)14-36-23(32)21-15(2)8-6-11-20(21)31/h5-11,16,19,22,31,34-35H,12-13,28H2,1-4H3,(H,29,33);5-11,16,19,22,31-32,35-36H,12-13H2,1-4H3,(H2,28,29,34);2*6-12,19,22,31,34-35H,5,13-14H2,1-4H3,(H2,28,29,33)/t16-,19-,22-,25-,26+,27-;16-,19+,22+,25+,26-,27+;2*19-,22-,25+,26-,27+/m0100/s1. The Morgan fingerprint density at radius 1 is 0.377 bits per heavy atom. The number of nitrogens with two attached hydrogens (primary N) is 1. The van der Waals surface area contributed by atoms with Crippen molar-refractivity contribution >= 4 is 71.2 Å². The SMILES string of the molecule is CC(=O)c1cccc(C[C@H]2[C@@H]3NC(=O)N[C@]3([C@@H](C)O)[C@@](C)(O)[C@@]2(O)COC(=O)c2c(C)cccc2O)c1.CC(=O)c1cccc(C[C@H]2[C@H](N)[C@]3(NC(=O)O[C@H]3C)[C@@](C)(O)[C@@]2(O)COC(=O)c2c(C)cccc2O)c1.CC[C@]12NC(=O)N[C@H]1[C@H](Cc1cccc(C(C)=O)c1)[C@](O)(COC(=O)c1c(C)cccc1O)[C@]2(C)O.CC[C@]12NC(=O)N[C@H]1[C@H](Cc1cccc(C(C)=O)c1)[C@](O)(COC(=O)c1c(C)cccc1O)[C@]2(C)O. The van der Waals surface area contributed by atoms with Crippen LogP contribution < -0.4 is 43.0 Å². The molecule has 0 bridgehead atoms. The molecule has 8 fully saturated rings. The van der Waals surface area contributed by atoms with Crippen molar-refractivity contribution in [2.24, 2.45) is 29.4 Å². The molecular formula is C108H128N8O30. The number of Topliss-reactive ketones (excluding diaryl/α,β-unsaturated/α-hetero) is 4. The van der Waals surface area contributed by atoms with E-state index < -0.39 is 202 Å².